The van der Waals surface area contributed by atoms with Crippen LogP contribution in [0.2, 0.25) is 0 Å². The van der Waals surface area contributed by atoms with E-state index in [0.29, 0.717) is 45.6 Å². The summed E-state index contributed by atoms with van der Waals surface area (Å²) in [6.07, 6.45) is 1.83. The first-order valence-electron chi connectivity index (χ1n) is 10.1. The maximum Gasteiger partial charge on any atom is 0.238 e. The van der Waals surface area contributed by atoms with Crippen LogP contribution in [0.5, 0.6) is 0 Å². The molecule has 0 bridgehead atoms. The van der Waals surface area contributed by atoms with Crippen molar-refractivity contribution in [1.29, 1.82) is 0 Å². The Balaban J connectivity index is 1.67. The van der Waals surface area contributed by atoms with Crippen LogP contribution >= 0.6 is 0 Å². The van der Waals surface area contributed by atoms with E-state index >= 15 is 0 Å². The van der Waals surface area contributed by atoms with Crippen molar-refractivity contribution >= 4 is 15.9 Å². The van der Waals surface area contributed by atoms with E-state index in [2.05, 4.69) is 10.2 Å². The second kappa shape index (κ2) is 9.39. The molecular weight excluding hydrogens is 382 g/mol. The summed E-state index contributed by atoms with van der Waals surface area (Å²) in [5.74, 6) is 1.49. The Morgan fingerprint density at radius 3 is 2.68 bits per heavy atom. The number of aryl methyl sites for hydroxylation is 1. The van der Waals surface area contributed by atoms with E-state index in [0.717, 1.165) is 24.6 Å². The molecule has 1 amide bonds. The number of hydrogen-bond donors (Lipinski definition) is 1. The number of morpholine rings is 1. The van der Waals surface area contributed by atoms with Crippen LogP contribution in [-0.4, -0.2) is 74.7 Å². The monoisotopic (exact) mass is 413 g/mol. The molecular formula is C19H31N3O5S. The minimum absolute atomic E-state index is 0.0822. The summed E-state index contributed by atoms with van der Waals surface area (Å²) in [4.78, 5) is 15.1. The van der Waals surface area contributed by atoms with Crippen LogP contribution in [-0.2, 0) is 19.6 Å². The van der Waals surface area contributed by atoms with Crippen molar-refractivity contribution in [2.24, 2.45) is 0 Å². The van der Waals surface area contributed by atoms with Gasteiger partial charge in [-0.2, -0.15) is 4.31 Å². The summed E-state index contributed by atoms with van der Waals surface area (Å²) in [5, 5.41) is 2.99. The Kier molecular flexibility index (Phi) is 7.14. The fourth-order valence-corrected chi connectivity index (χ4v) is 5.70. The second-order valence-electron chi connectivity index (χ2n) is 7.44. The van der Waals surface area contributed by atoms with Crippen LogP contribution in [0.3, 0.4) is 0 Å². The highest BCUT2D eigenvalue weighted by atomic mass is 32.2. The van der Waals surface area contributed by atoms with E-state index in [-0.39, 0.29) is 17.7 Å². The lowest BCUT2D eigenvalue weighted by molar-refractivity contribution is -0.124. The normalized spacial score (nSPS) is 23.0. The van der Waals surface area contributed by atoms with Crippen LogP contribution in [0.4, 0.5) is 0 Å². The first kappa shape index (κ1) is 21.3. The van der Waals surface area contributed by atoms with Crippen LogP contribution in [0.25, 0.3) is 0 Å². The molecule has 2 aliphatic heterocycles. The van der Waals surface area contributed by atoms with Gasteiger partial charge in [0.25, 0.3) is 0 Å². The van der Waals surface area contributed by atoms with E-state index in [9.17, 15) is 13.2 Å². The van der Waals surface area contributed by atoms with Gasteiger partial charge in [0.05, 0.1) is 25.0 Å². The minimum Gasteiger partial charge on any atom is -0.465 e. The molecule has 1 N–H and O–H groups in total. The molecule has 2 fully saturated rings. The fraction of sp³-hybridized carbons (Fsp3) is 0.737. The second-order valence-corrected chi connectivity index (χ2v) is 9.48. The molecule has 2 saturated heterocycles. The van der Waals surface area contributed by atoms with Gasteiger partial charge in [-0.05, 0) is 38.3 Å². The van der Waals surface area contributed by atoms with Gasteiger partial charge in [0.1, 0.15) is 17.6 Å². The molecule has 2 atom stereocenters. The number of carbonyl (C=O) groups is 1. The molecule has 2 aliphatic rings. The SMILES string of the molecule is CCCS(=O)(=O)N1CCCC1C(=O)NCC(c1ccc(C)o1)N1CCOCC1. The molecule has 3 rings (SSSR count). The molecule has 1 aromatic rings. The molecule has 8 nitrogen and oxygen atoms in total. The molecule has 2 unspecified atom stereocenters. The van der Waals surface area contributed by atoms with Crippen LogP contribution in [0.1, 0.15) is 43.7 Å². The van der Waals surface area contributed by atoms with Crippen molar-refractivity contribution in [3.05, 3.63) is 23.7 Å². The molecule has 28 heavy (non-hydrogen) atoms. The lowest BCUT2D eigenvalue weighted by Gasteiger charge is -2.34. The number of nitrogens with zero attached hydrogens (tertiary/aromatic N) is 2. The van der Waals surface area contributed by atoms with Crippen molar-refractivity contribution in [2.75, 3.05) is 45.1 Å². The van der Waals surface area contributed by atoms with Gasteiger partial charge in [-0.25, -0.2) is 8.42 Å². The highest BCUT2D eigenvalue weighted by Gasteiger charge is 2.38. The van der Waals surface area contributed by atoms with Crippen LogP contribution < -0.4 is 5.32 Å². The van der Waals surface area contributed by atoms with E-state index < -0.39 is 16.1 Å². The molecule has 9 heteroatoms. The number of furan rings is 1. The zero-order valence-corrected chi connectivity index (χ0v) is 17.5. The van der Waals surface area contributed by atoms with E-state index in [1.54, 1.807) is 0 Å². The molecule has 158 valence electrons. The van der Waals surface area contributed by atoms with Crippen molar-refractivity contribution in [3.63, 3.8) is 0 Å². The van der Waals surface area contributed by atoms with Gasteiger partial charge in [0, 0.05) is 26.2 Å². The zero-order valence-electron chi connectivity index (χ0n) is 16.7. The number of hydrogen-bond acceptors (Lipinski definition) is 6. The lowest BCUT2D eigenvalue weighted by Crippen LogP contribution is -2.49. The molecule has 3 heterocycles. The van der Waals surface area contributed by atoms with Gasteiger partial charge in [-0.15, -0.1) is 0 Å². The van der Waals surface area contributed by atoms with E-state index in [4.69, 9.17) is 9.15 Å². The molecule has 1 aromatic heterocycles. The Bertz CT molecular complexity index is 757. The number of nitrogens with one attached hydrogen (secondary N) is 1. The summed E-state index contributed by atoms with van der Waals surface area (Å²) in [6.45, 7) is 7.36. The molecule has 0 spiro atoms. The van der Waals surface area contributed by atoms with Crippen molar-refractivity contribution in [3.8, 4) is 0 Å². The zero-order chi connectivity index (χ0) is 20.1. The minimum atomic E-state index is -3.39. The number of sulfonamides is 1. The maximum atomic E-state index is 12.8. The third-order valence-corrected chi connectivity index (χ3v) is 7.45. The van der Waals surface area contributed by atoms with Crippen LogP contribution in [0, 0.1) is 6.92 Å². The highest BCUT2D eigenvalue weighted by molar-refractivity contribution is 7.89. The molecule has 0 radical (unpaired) electrons. The van der Waals surface area contributed by atoms with Gasteiger partial charge in [0.15, 0.2) is 0 Å². The Hall–Kier alpha value is -1.42. The Labute approximate surface area is 167 Å². The van der Waals surface area contributed by atoms with Gasteiger partial charge in [-0.3, -0.25) is 9.69 Å². The predicted octanol–water partition coefficient (Wildman–Crippen LogP) is 1.28. The van der Waals surface area contributed by atoms with Gasteiger partial charge in [-0.1, -0.05) is 6.92 Å². The number of amides is 1. The van der Waals surface area contributed by atoms with Gasteiger partial charge in [0.2, 0.25) is 15.9 Å². The third-order valence-electron chi connectivity index (χ3n) is 5.37. The standard InChI is InChI=1S/C19H31N3O5S/c1-3-13-28(24,25)22-8-4-5-16(22)19(23)20-14-17(18-7-6-15(2)27-18)21-9-11-26-12-10-21/h6-7,16-17H,3-5,8-14H2,1-2H3,(H,20,23). The largest absolute Gasteiger partial charge is 0.465 e. The van der Waals surface area contributed by atoms with Crippen molar-refractivity contribution in [1.82, 2.24) is 14.5 Å². The summed E-state index contributed by atoms with van der Waals surface area (Å²) in [5.41, 5.74) is 0. The average Bonchev–Trinajstić information content (AvgIpc) is 3.32. The summed E-state index contributed by atoms with van der Waals surface area (Å²) < 4.78 is 37.6. The molecule has 0 aromatic carbocycles. The summed E-state index contributed by atoms with van der Waals surface area (Å²) in [6, 6.07) is 3.15. The van der Waals surface area contributed by atoms with Gasteiger partial charge >= 0.3 is 0 Å². The third kappa shape index (κ3) is 4.94. The van der Waals surface area contributed by atoms with E-state index in [1.165, 1.54) is 4.31 Å². The summed E-state index contributed by atoms with van der Waals surface area (Å²) >= 11 is 0. The maximum absolute atomic E-state index is 12.8. The van der Waals surface area contributed by atoms with Crippen molar-refractivity contribution < 1.29 is 22.4 Å². The first-order chi connectivity index (χ1) is 13.4. The topological polar surface area (TPSA) is 92.1 Å². The highest BCUT2D eigenvalue weighted by Crippen LogP contribution is 2.25. The fourth-order valence-electron chi connectivity index (χ4n) is 3.96. The Morgan fingerprint density at radius 1 is 1.29 bits per heavy atom. The predicted molar refractivity (Wildman–Crippen MR) is 105 cm³/mol. The number of ether oxygens (including phenoxy) is 1. The molecule has 0 aliphatic carbocycles. The summed E-state index contributed by atoms with van der Waals surface area (Å²) in [7, 11) is -3.39. The lowest BCUT2D eigenvalue weighted by atomic mass is 10.1. The molecule has 0 saturated carbocycles. The van der Waals surface area contributed by atoms with Gasteiger partial charge < -0.3 is 14.5 Å². The van der Waals surface area contributed by atoms with Crippen molar-refractivity contribution in [2.45, 2.75) is 45.2 Å². The smallest absolute Gasteiger partial charge is 0.238 e. The quantitative estimate of drug-likeness (QED) is 0.690. The Morgan fingerprint density at radius 2 is 2.04 bits per heavy atom. The average molecular weight is 414 g/mol. The number of rotatable bonds is 8. The number of carbonyl (C=O) groups excluding carboxylic acids is 1. The van der Waals surface area contributed by atoms with E-state index in [1.807, 2.05) is 26.0 Å². The first-order valence-corrected chi connectivity index (χ1v) is 11.7. The van der Waals surface area contributed by atoms with Crippen LogP contribution in [0.15, 0.2) is 16.5 Å².